The van der Waals surface area contributed by atoms with Crippen molar-refractivity contribution in [2.45, 2.75) is 46.2 Å². The third kappa shape index (κ3) is 3.11. The lowest BCUT2D eigenvalue weighted by Gasteiger charge is -2.31. The summed E-state index contributed by atoms with van der Waals surface area (Å²) >= 11 is 0. The minimum Gasteiger partial charge on any atom is -0.465 e. The fourth-order valence-electron chi connectivity index (χ4n) is 2.43. The number of nitrogens with zero attached hydrogens (tertiary/aromatic N) is 1. The summed E-state index contributed by atoms with van der Waals surface area (Å²) in [7, 11) is 0. The van der Waals surface area contributed by atoms with Crippen LogP contribution in [0.2, 0.25) is 0 Å². The minimum absolute atomic E-state index is 0.573. The molecule has 2 N–H and O–H groups in total. The molecule has 0 atom stereocenters. The molecule has 3 heteroatoms. The second-order valence-corrected chi connectivity index (χ2v) is 5.12. The topological polar surface area (TPSA) is 42.4 Å². The van der Waals surface area contributed by atoms with Crippen LogP contribution in [0.4, 0.5) is 0 Å². The number of furan rings is 1. The van der Waals surface area contributed by atoms with Crippen LogP contribution in [0.25, 0.3) is 0 Å². The Kier molecular flexibility index (Phi) is 4.24. The fourth-order valence-corrected chi connectivity index (χ4v) is 2.43. The molecule has 1 fully saturated rings. The van der Waals surface area contributed by atoms with E-state index in [1.807, 2.05) is 6.92 Å². The second kappa shape index (κ2) is 5.69. The van der Waals surface area contributed by atoms with Gasteiger partial charge in [0.2, 0.25) is 0 Å². The number of nitrogens with two attached hydrogens (primary N) is 1. The molecule has 0 radical (unpaired) electrons. The van der Waals surface area contributed by atoms with Crippen LogP contribution in [0.15, 0.2) is 10.5 Å². The first kappa shape index (κ1) is 12.7. The van der Waals surface area contributed by atoms with E-state index in [-0.39, 0.29) is 0 Å². The van der Waals surface area contributed by atoms with Crippen molar-refractivity contribution in [2.24, 2.45) is 11.7 Å². The molecule has 0 amide bonds. The maximum atomic E-state index is 5.75. The van der Waals surface area contributed by atoms with Crippen molar-refractivity contribution < 1.29 is 4.42 Å². The maximum Gasteiger partial charge on any atom is 0.118 e. The zero-order valence-electron chi connectivity index (χ0n) is 11.0. The number of hydrogen-bond acceptors (Lipinski definition) is 3. The molecular formula is C14H24N2O. The molecule has 0 bridgehead atoms. The molecule has 0 aliphatic heterocycles. The van der Waals surface area contributed by atoms with Gasteiger partial charge in [0.1, 0.15) is 11.5 Å². The van der Waals surface area contributed by atoms with Crippen molar-refractivity contribution in [1.82, 2.24) is 4.90 Å². The zero-order chi connectivity index (χ0) is 12.3. The first-order chi connectivity index (χ1) is 8.22. The second-order valence-electron chi connectivity index (χ2n) is 5.12. The Morgan fingerprint density at radius 3 is 2.71 bits per heavy atom. The Bertz CT molecular complexity index is 355. The summed E-state index contributed by atoms with van der Waals surface area (Å²) in [5, 5.41) is 0. The minimum atomic E-state index is 0.573. The van der Waals surface area contributed by atoms with Crippen molar-refractivity contribution in [2.75, 3.05) is 13.1 Å². The largest absolute Gasteiger partial charge is 0.465 e. The highest BCUT2D eigenvalue weighted by atomic mass is 16.3. The van der Waals surface area contributed by atoms with Gasteiger partial charge < -0.3 is 10.2 Å². The quantitative estimate of drug-likeness (QED) is 0.825. The van der Waals surface area contributed by atoms with E-state index in [2.05, 4.69) is 17.9 Å². The molecule has 0 aromatic carbocycles. The Labute approximate surface area is 104 Å². The van der Waals surface area contributed by atoms with E-state index in [1.54, 1.807) is 0 Å². The van der Waals surface area contributed by atoms with Gasteiger partial charge in [-0.15, -0.1) is 0 Å². The first-order valence-electron chi connectivity index (χ1n) is 6.73. The third-order valence-electron chi connectivity index (χ3n) is 3.86. The molecule has 0 unspecified atom stereocenters. The van der Waals surface area contributed by atoms with Crippen molar-refractivity contribution in [3.05, 3.63) is 23.2 Å². The van der Waals surface area contributed by atoms with Crippen LogP contribution < -0.4 is 5.73 Å². The van der Waals surface area contributed by atoms with Gasteiger partial charge in [0.15, 0.2) is 0 Å². The Hall–Kier alpha value is -0.800. The van der Waals surface area contributed by atoms with E-state index in [1.165, 1.54) is 25.8 Å². The molecule has 1 heterocycles. The van der Waals surface area contributed by atoms with Crippen molar-refractivity contribution in [3.8, 4) is 0 Å². The zero-order valence-corrected chi connectivity index (χ0v) is 11.0. The van der Waals surface area contributed by atoms with Gasteiger partial charge in [0, 0.05) is 18.7 Å². The molecule has 0 spiro atoms. The normalized spacial score (nSPS) is 16.5. The van der Waals surface area contributed by atoms with E-state index in [0.717, 1.165) is 36.1 Å². The van der Waals surface area contributed by atoms with E-state index in [0.29, 0.717) is 6.54 Å². The molecule has 3 nitrogen and oxygen atoms in total. The average Bonchev–Trinajstić information content (AvgIpc) is 2.62. The summed E-state index contributed by atoms with van der Waals surface area (Å²) < 4.78 is 5.75. The van der Waals surface area contributed by atoms with Gasteiger partial charge in [0.25, 0.3) is 0 Å². The van der Waals surface area contributed by atoms with E-state index in [4.69, 9.17) is 10.2 Å². The Morgan fingerprint density at radius 1 is 1.47 bits per heavy atom. The van der Waals surface area contributed by atoms with E-state index >= 15 is 0 Å². The molecule has 2 rings (SSSR count). The van der Waals surface area contributed by atoms with Crippen molar-refractivity contribution in [3.63, 3.8) is 0 Å². The Morgan fingerprint density at radius 2 is 2.24 bits per heavy atom. The van der Waals surface area contributed by atoms with E-state index < -0.39 is 0 Å². The summed E-state index contributed by atoms with van der Waals surface area (Å²) in [4.78, 5) is 2.47. The van der Waals surface area contributed by atoms with Crippen LogP contribution in [0, 0.1) is 12.8 Å². The molecule has 1 aromatic heterocycles. The van der Waals surface area contributed by atoms with Crippen LogP contribution in [-0.2, 0) is 13.1 Å². The molecular weight excluding hydrogens is 212 g/mol. The highest BCUT2D eigenvalue weighted by Gasteiger charge is 2.20. The van der Waals surface area contributed by atoms with Crippen LogP contribution >= 0.6 is 0 Å². The van der Waals surface area contributed by atoms with Gasteiger partial charge in [-0.1, -0.05) is 13.3 Å². The van der Waals surface area contributed by atoms with Gasteiger partial charge in [-0.05, 0) is 38.3 Å². The summed E-state index contributed by atoms with van der Waals surface area (Å²) in [5.74, 6) is 2.95. The highest BCUT2D eigenvalue weighted by molar-refractivity contribution is 5.20. The lowest BCUT2D eigenvalue weighted by molar-refractivity contribution is 0.168. The summed E-state index contributed by atoms with van der Waals surface area (Å²) in [6.07, 6.45) is 4.23. The summed E-state index contributed by atoms with van der Waals surface area (Å²) in [6, 6.07) is 2.11. The van der Waals surface area contributed by atoms with Gasteiger partial charge in [0.05, 0.1) is 6.54 Å². The predicted octanol–water partition coefficient (Wildman–Crippen LogP) is 2.67. The van der Waals surface area contributed by atoms with Crippen LogP contribution in [0.5, 0.6) is 0 Å². The van der Waals surface area contributed by atoms with Crippen LogP contribution in [0.1, 0.15) is 43.3 Å². The van der Waals surface area contributed by atoms with Gasteiger partial charge in [-0.3, -0.25) is 4.90 Å². The lowest BCUT2D eigenvalue weighted by Crippen LogP contribution is -2.31. The Balaban J connectivity index is 1.91. The number of rotatable bonds is 6. The van der Waals surface area contributed by atoms with Crippen LogP contribution in [0.3, 0.4) is 0 Å². The maximum absolute atomic E-state index is 5.75. The summed E-state index contributed by atoms with van der Waals surface area (Å²) in [6.45, 7) is 8.02. The molecule has 0 saturated heterocycles. The molecule has 1 saturated carbocycles. The number of aryl methyl sites for hydroxylation is 1. The average molecular weight is 236 g/mol. The van der Waals surface area contributed by atoms with Gasteiger partial charge in [-0.2, -0.15) is 0 Å². The molecule has 1 aliphatic rings. The van der Waals surface area contributed by atoms with Crippen LogP contribution in [-0.4, -0.2) is 18.0 Å². The predicted molar refractivity (Wildman–Crippen MR) is 69.6 cm³/mol. The van der Waals surface area contributed by atoms with Gasteiger partial charge in [-0.25, -0.2) is 0 Å². The number of hydrogen-bond donors (Lipinski definition) is 1. The fraction of sp³-hybridized carbons (Fsp3) is 0.714. The SMILES string of the molecule is CCN(Cc1cc(CN)c(C)o1)CC1CCC1. The van der Waals surface area contributed by atoms with Gasteiger partial charge >= 0.3 is 0 Å². The van der Waals surface area contributed by atoms with E-state index in [9.17, 15) is 0 Å². The lowest BCUT2D eigenvalue weighted by atomic mass is 9.85. The summed E-state index contributed by atoms with van der Waals surface area (Å²) in [5.41, 5.74) is 6.80. The molecule has 17 heavy (non-hydrogen) atoms. The van der Waals surface area contributed by atoms with Crippen molar-refractivity contribution >= 4 is 0 Å². The van der Waals surface area contributed by atoms with Crippen molar-refractivity contribution in [1.29, 1.82) is 0 Å². The molecule has 96 valence electrons. The smallest absolute Gasteiger partial charge is 0.118 e. The molecule has 1 aromatic rings. The standard InChI is InChI=1S/C14H24N2O/c1-3-16(9-12-5-4-6-12)10-14-7-13(8-15)11(2)17-14/h7,12H,3-6,8-10,15H2,1-2H3. The first-order valence-corrected chi connectivity index (χ1v) is 6.73. The highest BCUT2D eigenvalue weighted by Crippen LogP contribution is 2.27. The monoisotopic (exact) mass is 236 g/mol. The molecule has 1 aliphatic carbocycles. The third-order valence-corrected chi connectivity index (χ3v) is 3.86.